The van der Waals surface area contributed by atoms with E-state index in [4.69, 9.17) is 47.7 Å². The fraction of sp³-hybridized carbons (Fsp3) is 0.605. The molecule has 53 heavy (non-hydrogen) atoms. The quantitative estimate of drug-likeness (QED) is 0.0390. The van der Waals surface area contributed by atoms with Crippen LogP contribution in [0.15, 0.2) is 70.3 Å². The van der Waals surface area contributed by atoms with Crippen LogP contribution >= 0.6 is 11.3 Å². The standard InChI is InChI=1S/C38H59N4O10S/c1-34-31-36(9-10-37(34)39-40-38-41(2)12-30-53-38)42(32-35-7-4-3-5-8-35)11-16-45-19-22-48-25-24-47-21-18-44-14-6-15-51-33-52-29-28-50-27-26-49-23-20-46-17-13-43/h3-5,7-10,12,30-31,43H,6,11,13-29,32-33H2,1-2H3/q+1. The molecule has 296 valence electrons. The van der Waals surface area contributed by atoms with Crippen LogP contribution < -0.4 is 9.47 Å². The predicted octanol–water partition coefficient (Wildman–Crippen LogP) is 4.79. The van der Waals surface area contributed by atoms with Crippen LogP contribution in [0.2, 0.25) is 0 Å². The lowest BCUT2D eigenvalue weighted by Crippen LogP contribution is -2.27. The van der Waals surface area contributed by atoms with Crippen LogP contribution in [-0.4, -0.2) is 131 Å². The molecule has 0 fully saturated rings. The molecular weight excluding hydrogens is 705 g/mol. The van der Waals surface area contributed by atoms with Crippen molar-refractivity contribution in [3.05, 3.63) is 71.2 Å². The highest BCUT2D eigenvalue weighted by molar-refractivity contribution is 7.12. The van der Waals surface area contributed by atoms with Crippen molar-refractivity contribution in [2.45, 2.75) is 19.9 Å². The molecule has 0 saturated heterocycles. The molecule has 0 aliphatic heterocycles. The molecule has 0 aliphatic rings. The zero-order valence-corrected chi connectivity index (χ0v) is 32.3. The number of aliphatic hydroxyl groups is 1. The van der Waals surface area contributed by atoms with Crippen LogP contribution in [0.3, 0.4) is 0 Å². The normalized spacial score (nSPS) is 11.6. The fourth-order valence-corrected chi connectivity index (χ4v) is 5.35. The summed E-state index contributed by atoms with van der Waals surface area (Å²) in [5, 5.41) is 20.4. The zero-order valence-electron chi connectivity index (χ0n) is 31.4. The summed E-state index contributed by atoms with van der Waals surface area (Å²) < 4.78 is 51.4. The summed E-state index contributed by atoms with van der Waals surface area (Å²) in [7, 11) is 1.96. The number of aromatic nitrogens is 1. The summed E-state index contributed by atoms with van der Waals surface area (Å²) in [5.41, 5.74) is 4.27. The zero-order chi connectivity index (χ0) is 37.4. The minimum absolute atomic E-state index is 0.0222. The third-order valence-electron chi connectivity index (χ3n) is 7.48. The Morgan fingerprint density at radius 1 is 0.642 bits per heavy atom. The van der Waals surface area contributed by atoms with Crippen molar-refractivity contribution in [2.24, 2.45) is 17.3 Å². The van der Waals surface area contributed by atoms with Gasteiger partial charge in [0, 0.05) is 30.8 Å². The van der Waals surface area contributed by atoms with Gasteiger partial charge in [0.05, 0.1) is 118 Å². The first kappa shape index (κ1) is 44.5. The van der Waals surface area contributed by atoms with E-state index in [2.05, 4.69) is 58.5 Å². The van der Waals surface area contributed by atoms with Gasteiger partial charge in [-0.25, -0.2) is 4.57 Å². The molecule has 2 aromatic carbocycles. The minimum Gasteiger partial charge on any atom is -0.394 e. The van der Waals surface area contributed by atoms with Crippen molar-refractivity contribution < 1.29 is 52.3 Å². The van der Waals surface area contributed by atoms with Gasteiger partial charge in [0.25, 0.3) is 0 Å². The number of nitrogens with zero attached hydrogens (tertiary/aromatic N) is 4. The first-order valence-electron chi connectivity index (χ1n) is 18.2. The highest BCUT2D eigenvalue weighted by Gasteiger charge is 2.12. The molecule has 0 aliphatic carbocycles. The first-order valence-corrected chi connectivity index (χ1v) is 19.1. The Morgan fingerprint density at radius 2 is 1.19 bits per heavy atom. The molecule has 1 heterocycles. The molecule has 1 N–H and O–H groups in total. The van der Waals surface area contributed by atoms with E-state index in [9.17, 15) is 0 Å². The van der Waals surface area contributed by atoms with Crippen LogP contribution in [0, 0.1) is 6.92 Å². The van der Waals surface area contributed by atoms with Gasteiger partial charge < -0.3 is 52.6 Å². The minimum atomic E-state index is 0.0222. The molecule has 0 atom stereocenters. The van der Waals surface area contributed by atoms with Gasteiger partial charge in [-0.3, -0.25) is 0 Å². The van der Waals surface area contributed by atoms with Gasteiger partial charge in [-0.1, -0.05) is 30.3 Å². The van der Waals surface area contributed by atoms with E-state index in [1.54, 1.807) is 11.3 Å². The largest absolute Gasteiger partial charge is 0.408 e. The lowest BCUT2D eigenvalue weighted by atomic mass is 10.1. The van der Waals surface area contributed by atoms with E-state index in [0.29, 0.717) is 106 Å². The highest BCUT2D eigenvalue weighted by atomic mass is 32.1. The number of anilines is 1. The second-order valence-electron chi connectivity index (χ2n) is 11.7. The third-order valence-corrected chi connectivity index (χ3v) is 8.32. The van der Waals surface area contributed by atoms with Crippen molar-refractivity contribution in [1.82, 2.24) is 0 Å². The Morgan fingerprint density at radius 3 is 1.77 bits per heavy atom. The van der Waals surface area contributed by atoms with E-state index < -0.39 is 0 Å². The molecule has 0 spiro atoms. The third kappa shape index (κ3) is 21.5. The van der Waals surface area contributed by atoms with Gasteiger partial charge in [-0.15, -0.1) is 0 Å². The second kappa shape index (κ2) is 30.4. The van der Waals surface area contributed by atoms with Crippen LogP contribution in [0.25, 0.3) is 0 Å². The van der Waals surface area contributed by atoms with Crippen molar-refractivity contribution >= 4 is 27.8 Å². The van der Waals surface area contributed by atoms with E-state index in [0.717, 1.165) is 41.6 Å². The van der Waals surface area contributed by atoms with Gasteiger partial charge in [-0.2, -0.15) is 0 Å². The maximum absolute atomic E-state index is 8.61. The van der Waals surface area contributed by atoms with Crippen LogP contribution in [0.4, 0.5) is 16.5 Å². The molecule has 14 nitrogen and oxygen atoms in total. The van der Waals surface area contributed by atoms with Crippen LogP contribution in [0.1, 0.15) is 17.5 Å². The number of hydrogen-bond donors (Lipinski definition) is 1. The Balaban J connectivity index is 1.13. The Kier molecular flexibility index (Phi) is 25.5. The molecule has 1 aromatic heterocycles. The van der Waals surface area contributed by atoms with E-state index >= 15 is 0 Å². The Bertz CT molecular complexity index is 1340. The first-order chi connectivity index (χ1) is 26.2. The van der Waals surface area contributed by atoms with Crippen molar-refractivity contribution in [3.8, 4) is 0 Å². The van der Waals surface area contributed by atoms with Gasteiger partial charge in [-0.05, 0) is 59.1 Å². The monoisotopic (exact) mass is 763 g/mol. The lowest BCUT2D eigenvalue weighted by molar-refractivity contribution is -0.654. The highest BCUT2D eigenvalue weighted by Crippen LogP contribution is 2.27. The topological polar surface area (TPSA) is 135 Å². The van der Waals surface area contributed by atoms with Gasteiger partial charge in [0.2, 0.25) is 0 Å². The number of ether oxygens (including phenoxy) is 9. The summed E-state index contributed by atoms with van der Waals surface area (Å²) in [5.74, 6) is 0. The maximum atomic E-state index is 8.61. The summed E-state index contributed by atoms with van der Waals surface area (Å²) >= 11 is 1.56. The summed E-state index contributed by atoms with van der Waals surface area (Å²) in [6.45, 7) is 11.8. The summed E-state index contributed by atoms with van der Waals surface area (Å²) in [6.07, 6.45) is 2.75. The molecule has 0 bridgehead atoms. The smallest absolute Gasteiger partial charge is 0.394 e. The molecular formula is C38H59N4O10S+. The molecule has 3 rings (SSSR count). The van der Waals surface area contributed by atoms with Crippen molar-refractivity contribution in [3.63, 3.8) is 0 Å². The van der Waals surface area contributed by atoms with Gasteiger partial charge >= 0.3 is 5.13 Å². The van der Waals surface area contributed by atoms with Crippen LogP contribution in [0.5, 0.6) is 0 Å². The van der Waals surface area contributed by atoms with E-state index in [-0.39, 0.29) is 13.4 Å². The van der Waals surface area contributed by atoms with Gasteiger partial charge in [0.1, 0.15) is 18.7 Å². The molecule has 3 aromatic rings. The number of azo groups is 1. The maximum Gasteiger partial charge on any atom is 0.408 e. The average molecular weight is 764 g/mol. The average Bonchev–Trinajstić information content (AvgIpc) is 3.59. The SMILES string of the molecule is Cc1cc(N(CCOCCOCCOCCOCCCOCOCCOCCOCCOCCO)Cc2ccccc2)ccc1N=Nc1scc[n+]1C. The number of rotatable bonds is 34. The summed E-state index contributed by atoms with van der Waals surface area (Å²) in [4.78, 5) is 2.32. The number of aliphatic hydroxyl groups excluding tert-OH is 1. The Labute approximate surface area is 318 Å². The predicted molar refractivity (Wildman–Crippen MR) is 203 cm³/mol. The molecule has 15 heteroatoms. The molecule has 0 radical (unpaired) electrons. The molecule has 0 unspecified atom stereocenters. The number of hydrogen-bond acceptors (Lipinski definition) is 14. The van der Waals surface area contributed by atoms with E-state index in [1.165, 1.54) is 5.56 Å². The van der Waals surface area contributed by atoms with Crippen LogP contribution in [-0.2, 0) is 56.2 Å². The number of aryl methyl sites for hydroxylation is 2. The van der Waals surface area contributed by atoms with E-state index in [1.807, 2.05) is 35.3 Å². The lowest BCUT2D eigenvalue weighted by Gasteiger charge is -2.25. The van der Waals surface area contributed by atoms with Crippen molar-refractivity contribution in [2.75, 3.05) is 131 Å². The number of benzene rings is 2. The Hall–Kier alpha value is -2.93. The second-order valence-corrected chi connectivity index (χ2v) is 12.5. The summed E-state index contributed by atoms with van der Waals surface area (Å²) in [6, 6.07) is 16.7. The fourth-order valence-electron chi connectivity index (χ4n) is 4.67. The number of thiazole rings is 1. The molecule has 0 saturated carbocycles. The molecule has 0 amide bonds. The van der Waals surface area contributed by atoms with Crippen molar-refractivity contribution in [1.29, 1.82) is 0 Å². The van der Waals surface area contributed by atoms with Gasteiger partial charge in [0.15, 0.2) is 0 Å².